The van der Waals surface area contributed by atoms with Crippen LogP contribution >= 0.6 is 22.6 Å². The Morgan fingerprint density at radius 1 is 1.13 bits per heavy atom. The number of sulfonamides is 1. The molecule has 1 aromatic carbocycles. The third kappa shape index (κ3) is 4.08. The van der Waals surface area contributed by atoms with E-state index < -0.39 is 15.6 Å². The molecule has 0 unspecified atom stereocenters. The summed E-state index contributed by atoms with van der Waals surface area (Å²) >= 11 is 2.14. The van der Waals surface area contributed by atoms with Gasteiger partial charge in [0.05, 0.1) is 4.90 Å². The Bertz CT molecular complexity index is 431. The Kier molecular flexibility index (Phi) is 3.78. The average molecular weight is 339 g/mol. The molecule has 0 atom stereocenters. The first kappa shape index (κ1) is 12.9. The molecule has 0 aliphatic rings. The van der Waals surface area contributed by atoms with Crippen molar-refractivity contribution in [1.82, 2.24) is 4.72 Å². The van der Waals surface area contributed by atoms with E-state index in [9.17, 15) is 8.42 Å². The van der Waals surface area contributed by atoms with Gasteiger partial charge in [0.15, 0.2) is 0 Å². The molecule has 0 aliphatic heterocycles. The zero-order chi connectivity index (χ0) is 11.7. The molecule has 84 valence electrons. The molecule has 15 heavy (non-hydrogen) atoms. The van der Waals surface area contributed by atoms with Crippen LogP contribution in [-0.4, -0.2) is 14.0 Å². The summed E-state index contributed by atoms with van der Waals surface area (Å²) in [4.78, 5) is 0.304. The molecule has 0 saturated carbocycles. The van der Waals surface area contributed by atoms with E-state index in [0.717, 1.165) is 3.57 Å². The third-order valence-electron chi connectivity index (χ3n) is 1.56. The minimum atomic E-state index is -3.39. The Morgan fingerprint density at radius 2 is 1.60 bits per heavy atom. The van der Waals surface area contributed by atoms with Gasteiger partial charge in [-0.2, -0.15) is 0 Å². The second kappa shape index (κ2) is 4.39. The van der Waals surface area contributed by atoms with Crippen LogP contribution in [0.25, 0.3) is 0 Å². The number of nitrogens with one attached hydrogen (secondary N) is 1. The van der Waals surface area contributed by atoms with Crippen molar-refractivity contribution in [3.05, 3.63) is 27.8 Å². The van der Waals surface area contributed by atoms with Crippen molar-refractivity contribution >= 4 is 32.6 Å². The Morgan fingerprint density at radius 3 is 2.00 bits per heavy atom. The third-order valence-corrected chi connectivity index (χ3v) is 4.06. The number of hydrogen-bond donors (Lipinski definition) is 1. The number of rotatable bonds is 2. The molecule has 5 heteroatoms. The summed E-state index contributed by atoms with van der Waals surface area (Å²) in [6.07, 6.45) is 0. The first-order valence-corrected chi connectivity index (χ1v) is 7.06. The van der Waals surface area contributed by atoms with Gasteiger partial charge >= 0.3 is 0 Å². The molecule has 0 saturated heterocycles. The van der Waals surface area contributed by atoms with Gasteiger partial charge in [-0.1, -0.05) is 0 Å². The van der Waals surface area contributed by atoms with Crippen LogP contribution in [0.2, 0.25) is 0 Å². The van der Waals surface area contributed by atoms with E-state index in [1.54, 1.807) is 24.3 Å². The maximum absolute atomic E-state index is 11.8. The van der Waals surface area contributed by atoms with Crippen molar-refractivity contribution < 1.29 is 8.42 Å². The lowest BCUT2D eigenvalue weighted by molar-refractivity contribution is 0.491. The lowest BCUT2D eigenvalue weighted by Crippen LogP contribution is -2.40. The zero-order valence-electron chi connectivity index (χ0n) is 8.91. The quantitative estimate of drug-likeness (QED) is 0.841. The SMILES string of the molecule is CC(C)(C)NS(=O)(=O)c1ccc(I)cc1. The van der Waals surface area contributed by atoms with Crippen molar-refractivity contribution in [2.75, 3.05) is 0 Å². The van der Waals surface area contributed by atoms with Crippen molar-refractivity contribution in [1.29, 1.82) is 0 Å². The highest BCUT2D eigenvalue weighted by Crippen LogP contribution is 2.14. The molecule has 0 aromatic heterocycles. The summed E-state index contributed by atoms with van der Waals surface area (Å²) in [5.41, 5.74) is -0.457. The minimum absolute atomic E-state index is 0.304. The predicted molar refractivity (Wildman–Crippen MR) is 69.2 cm³/mol. The lowest BCUT2D eigenvalue weighted by atomic mass is 10.1. The zero-order valence-corrected chi connectivity index (χ0v) is 11.9. The lowest BCUT2D eigenvalue weighted by Gasteiger charge is -2.20. The summed E-state index contributed by atoms with van der Waals surface area (Å²) < 4.78 is 27.3. The number of hydrogen-bond acceptors (Lipinski definition) is 2. The van der Waals surface area contributed by atoms with Gasteiger partial charge in [0.25, 0.3) is 0 Å². The summed E-state index contributed by atoms with van der Waals surface area (Å²) in [7, 11) is -3.39. The van der Waals surface area contributed by atoms with Crippen LogP contribution in [0.1, 0.15) is 20.8 Å². The molecular formula is C10H14INO2S. The molecule has 3 nitrogen and oxygen atoms in total. The smallest absolute Gasteiger partial charge is 0.207 e. The van der Waals surface area contributed by atoms with E-state index in [0.29, 0.717) is 4.90 Å². The maximum Gasteiger partial charge on any atom is 0.241 e. The summed E-state index contributed by atoms with van der Waals surface area (Å²) in [6, 6.07) is 6.77. The van der Waals surface area contributed by atoms with Crippen LogP contribution in [0, 0.1) is 3.57 Å². The van der Waals surface area contributed by atoms with E-state index in [2.05, 4.69) is 27.3 Å². The molecule has 0 bridgehead atoms. The summed E-state index contributed by atoms with van der Waals surface area (Å²) in [6.45, 7) is 5.45. The Hall–Kier alpha value is -0.140. The molecule has 0 aliphatic carbocycles. The molecule has 0 fully saturated rings. The molecule has 0 amide bonds. The molecule has 1 aromatic rings. The monoisotopic (exact) mass is 339 g/mol. The molecule has 1 N–H and O–H groups in total. The van der Waals surface area contributed by atoms with Gasteiger partial charge in [-0.3, -0.25) is 0 Å². The van der Waals surface area contributed by atoms with Crippen molar-refractivity contribution in [3.8, 4) is 0 Å². The van der Waals surface area contributed by atoms with Crippen LogP contribution in [0.5, 0.6) is 0 Å². The summed E-state index contributed by atoms with van der Waals surface area (Å²) in [5, 5.41) is 0. The van der Waals surface area contributed by atoms with Gasteiger partial charge in [-0.05, 0) is 67.6 Å². The van der Waals surface area contributed by atoms with Gasteiger partial charge in [-0.15, -0.1) is 0 Å². The Balaban J connectivity index is 3.02. The van der Waals surface area contributed by atoms with Gasteiger partial charge in [0.1, 0.15) is 0 Å². The van der Waals surface area contributed by atoms with Crippen LogP contribution in [-0.2, 0) is 10.0 Å². The standard InChI is InChI=1S/C10H14INO2S/c1-10(2,3)12-15(13,14)9-6-4-8(11)5-7-9/h4-7,12H,1-3H3. The molecule has 1 rings (SSSR count). The molecule has 0 spiro atoms. The van der Waals surface area contributed by atoms with Crippen molar-refractivity contribution in [2.24, 2.45) is 0 Å². The first-order chi connectivity index (χ1) is 6.71. The highest BCUT2D eigenvalue weighted by Gasteiger charge is 2.21. The fourth-order valence-corrected chi connectivity index (χ4v) is 2.85. The fraction of sp³-hybridized carbons (Fsp3) is 0.400. The van der Waals surface area contributed by atoms with Crippen molar-refractivity contribution in [2.45, 2.75) is 31.2 Å². The molecule has 0 radical (unpaired) electrons. The minimum Gasteiger partial charge on any atom is -0.207 e. The first-order valence-electron chi connectivity index (χ1n) is 4.50. The highest BCUT2D eigenvalue weighted by molar-refractivity contribution is 14.1. The maximum atomic E-state index is 11.8. The van der Waals surface area contributed by atoms with E-state index >= 15 is 0 Å². The van der Waals surface area contributed by atoms with Crippen LogP contribution in [0.3, 0.4) is 0 Å². The number of benzene rings is 1. The van der Waals surface area contributed by atoms with E-state index in [-0.39, 0.29) is 0 Å². The van der Waals surface area contributed by atoms with Crippen LogP contribution in [0.15, 0.2) is 29.2 Å². The second-order valence-electron chi connectivity index (χ2n) is 4.31. The van der Waals surface area contributed by atoms with E-state index in [4.69, 9.17) is 0 Å². The number of halogens is 1. The van der Waals surface area contributed by atoms with Gasteiger partial charge in [0, 0.05) is 9.11 Å². The molecular weight excluding hydrogens is 325 g/mol. The van der Waals surface area contributed by atoms with E-state index in [1.165, 1.54) is 0 Å². The van der Waals surface area contributed by atoms with Gasteiger partial charge in [-0.25, -0.2) is 13.1 Å². The van der Waals surface area contributed by atoms with Crippen LogP contribution < -0.4 is 4.72 Å². The van der Waals surface area contributed by atoms with Gasteiger partial charge < -0.3 is 0 Å². The van der Waals surface area contributed by atoms with E-state index in [1.807, 2.05) is 20.8 Å². The predicted octanol–water partition coefficient (Wildman–Crippen LogP) is 2.37. The largest absolute Gasteiger partial charge is 0.241 e. The highest BCUT2D eigenvalue weighted by atomic mass is 127. The Labute approximate surface area is 104 Å². The normalized spacial score (nSPS) is 12.8. The fourth-order valence-electron chi connectivity index (χ4n) is 1.08. The molecule has 0 heterocycles. The van der Waals surface area contributed by atoms with Crippen molar-refractivity contribution in [3.63, 3.8) is 0 Å². The average Bonchev–Trinajstić information content (AvgIpc) is 2.00. The summed E-state index contributed by atoms with van der Waals surface area (Å²) in [5.74, 6) is 0. The second-order valence-corrected chi connectivity index (χ2v) is 7.24. The van der Waals surface area contributed by atoms with Gasteiger partial charge in [0.2, 0.25) is 10.0 Å². The topological polar surface area (TPSA) is 46.2 Å². The van der Waals surface area contributed by atoms with Crippen LogP contribution in [0.4, 0.5) is 0 Å².